The van der Waals surface area contributed by atoms with Crippen LogP contribution in [0.3, 0.4) is 0 Å². The summed E-state index contributed by atoms with van der Waals surface area (Å²) in [5, 5.41) is 0. The van der Waals surface area contributed by atoms with Gasteiger partial charge in [-0.05, 0) is 12.8 Å². The monoisotopic (exact) mass is 187 g/mol. The van der Waals surface area contributed by atoms with Crippen LogP contribution in [-0.4, -0.2) is 29.8 Å². The molecule has 0 unspecified atom stereocenters. The molecule has 0 aliphatic carbocycles. The first kappa shape index (κ1) is 11.9. The lowest BCUT2D eigenvalue weighted by Gasteiger charge is -2.21. The van der Waals surface area contributed by atoms with E-state index in [1.165, 1.54) is 4.90 Å². The molecule has 0 fully saturated rings. The van der Waals surface area contributed by atoms with E-state index >= 15 is 0 Å². The van der Waals surface area contributed by atoms with Crippen LogP contribution in [0.15, 0.2) is 0 Å². The maximum Gasteiger partial charge on any atom is 0.323 e. The summed E-state index contributed by atoms with van der Waals surface area (Å²) in [6, 6.07) is 0. The summed E-state index contributed by atoms with van der Waals surface area (Å²) in [7, 11) is 0. The molecule has 0 saturated heterocycles. The lowest BCUT2D eigenvalue weighted by molar-refractivity contribution is -0.146. The number of hydrazine groups is 1. The second-order valence-corrected chi connectivity index (χ2v) is 3.21. The van der Waals surface area contributed by atoms with Gasteiger partial charge in [-0.3, -0.25) is 15.0 Å². The van der Waals surface area contributed by atoms with E-state index in [1.54, 1.807) is 0 Å². The molecule has 0 spiro atoms. The zero-order chi connectivity index (χ0) is 10.4. The van der Waals surface area contributed by atoms with Crippen molar-refractivity contribution in [3.63, 3.8) is 0 Å². The Morgan fingerprint density at radius 2 is 2.00 bits per heavy atom. The Kier molecular flexibility index (Phi) is 5.06. The van der Waals surface area contributed by atoms with E-state index in [4.69, 9.17) is 5.84 Å². The molecule has 5 heteroatoms. The van der Waals surface area contributed by atoms with Gasteiger partial charge in [0.1, 0.15) is 0 Å². The van der Waals surface area contributed by atoms with Crippen LogP contribution < -0.4 is 11.3 Å². The number of likely N-dealkylation sites (N-methyl/N-ethyl adjacent to an activating group) is 1. The van der Waals surface area contributed by atoms with E-state index in [0.717, 1.165) is 0 Å². The van der Waals surface area contributed by atoms with Crippen molar-refractivity contribution in [2.24, 2.45) is 11.8 Å². The summed E-state index contributed by atoms with van der Waals surface area (Å²) < 4.78 is 0. The van der Waals surface area contributed by atoms with E-state index in [2.05, 4.69) is 0 Å². The van der Waals surface area contributed by atoms with Crippen LogP contribution in [0.2, 0.25) is 0 Å². The lowest BCUT2D eigenvalue weighted by Crippen LogP contribution is -2.46. The number of hydrogen-bond acceptors (Lipinski definition) is 3. The van der Waals surface area contributed by atoms with Crippen molar-refractivity contribution >= 4 is 11.8 Å². The van der Waals surface area contributed by atoms with E-state index in [0.29, 0.717) is 19.0 Å². The highest BCUT2D eigenvalue weighted by Crippen LogP contribution is 1.98. The molecular weight excluding hydrogens is 170 g/mol. The van der Waals surface area contributed by atoms with Crippen molar-refractivity contribution in [1.82, 2.24) is 10.3 Å². The topological polar surface area (TPSA) is 75.4 Å². The first-order chi connectivity index (χ1) is 6.02. The molecule has 13 heavy (non-hydrogen) atoms. The molecule has 0 rings (SSSR count). The van der Waals surface area contributed by atoms with Gasteiger partial charge in [-0.2, -0.15) is 0 Å². The molecule has 5 nitrogen and oxygen atoms in total. The SMILES string of the molecule is CCN(CC(C)C)C(=O)C(=O)NN. The van der Waals surface area contributed by atoms with Gasteiger partial charge in [0.2, 0.25) is 0 Å². The number of carbonyl (C=O) groups is 2. The summed E-state index contributed by atoms with van der Waals surface area (Å²) in [4.78, 5) is 23.6. The van der Waals surface area contributed by atoms with Gasteiger partial charge in [-0.1, -0.05) is 13.8 Å². The minimum atomic E-state index is -0.762. The third-order valence-electron chi connectivity index (χ3n) is 1.58. The molecule has 0 heterocycles. The number of nitrogens with two attached hydrogens (primary N) is 1. The first-order valence-corrected chi connectivity index (χ1v) is 4.32. The van der Waals surface area contributed by atoms with Gasteiger partial charge in [-0.25, -0.2) is 5.84 Å². The molecule has 0 aromatic rings. The Morgan fingerprint density at radius 1 is 1.46 bits per heavy atom. The summed E-state index contributed by atoms with van der Waals surface area (Å²) >= 11 is 0. The molecule has 0 aromatic carbocycles. The van der Waals surface area contributed by atoms with Gasteiger partial charge in [0, 0.05) is 13.1 Å². The van der Waals surface area contributed by atoms with Crippen LogP contribution in [0.5, 0.6) is 0 Å². The first-order valence-electron chi connectivity index (χ1n) is 4.32. The predicted molar refractivity (Wildman–Crippen MR) is 49.4 cm³/mol. The lowest BCUT2D eigenvalue weighted by atomic mass is 10.2. The quantitative estimate of drug-likeness (QED) is 0.270. The number of amides is 2. The van der Waals surface area contributed by atoms with Crippen molar-refractivity contribution < 1.29 is 9.59 Å². The standard InChI is InChI=1S/C8H17N3O2/c1-4-11(5-6(2)3)8(13)7(12)10-9/h6H,4-5,9H2,1-3H3,(H,10,12). The molecule has 0 bridgehead atoms. The third-order valence-corrected chi connectivity index (χ3v) is 1.58. The normalized spacial score (nSPS) is 9.92. The molecule has 2 amide bonds. The van der Waals surface area contributed by atoms with Crippen molar-refractivity contribution in [3.05, 3.63) is 0 Å². The van der Waals surface area contributed by atoms with Crippen molar-refractivity contribution in [1.29, 1.82) is 0 Å². The van der Waals surface area contributed by atoms with Crippen molar-refractivity contribution in [2.45, 2.75) is 20.8 Å². The molecule has 76 valence electrons. The number of nitrogens with zero attached hydrogens (tertiary/aromatic N) is 1. The Hall–Kier alpha value is -1.10. The maximum atomic E-state index is 11.3. The van der Waals surface area contributed by atoms with Crippen LogP contribution in [0, 0.1) is 5.92 Å². The van der Waals surface area contributed by atoms with Crippen molar-refractivity contribution in [2.75, 3.05) is 13.1 Å². The minimum Gasteiger partial charge on any atom is -0.334 e. The summed E-state index contributed by atoms with van der Waals surface area (Å²) in [6.07, 6.45) is 0. The van der Waals surface area contributed by atoms with E-state index in [9.17, 15) is 9.59 Å². The Bertz CT molecular complexity index is 192. The highest BCUT2D eigenvalue weighted by atomic mass is 16.2. The molecule has 0 atom stereocenters. The van der Waals surface area contributed by atoms with E-state index in [1.807, 2.05) is 26.2 Å². The highest BCUT2D eigenvalue weighted by Gasteiger charge is 2.19. The number of hydrogen-bond donors (Lipinski definition) is 2. The van der Waals surface area contributed by atoms with Crippen LogP contribution in [0.25, 0.3) is 0 Å². The number of carbonyl (C=O) groups excluding carboxylic acids is 2. The second-order valence-electron chi connectivity index (χ2n) is 3.21. The molecule has 0 radical (unpaired) electrons. The predicted octanol–water partition coefficient (Wildman–Crippen LogP) is -0.519. The van der Waals surface area contributed by atoms with Gasteiger partial charge in [0.25, 0.3) is 0 Å². The average molecular weight is 187 g/mol. The van der Waals surface area contributed by atoms with Crippen LogP contribution in [-0.2, 0) is 9.59 Å². The van der Waals surface area contributed by atoms with Crippen LogP contribution in [0.1, 0.15) is 20.8 Å². The average Bonchev–Trinajstić information content (AvgIpc) is 2.11. The summed E-state index contributed by atoms with van der Waals surface area (Å²) in [5.41, 5.74) is 1.82. The number of nitrogens with one attached hydrogen (secondary N) is 1. The number of rotatable bonds is 3. The zero-order valence-electron chi connectivity index (χ0n) is 8.33. The summed E-state index contributed by atoms with van der Waals surface area (Å²) in [6.45, 7) is 6.88. The van der Waals surface area contributed by atoms with Crippen LogP contribution >= 0.6 is 0 Å². The Balaban J connectivity index is 4.23. The minimum absolute atomic E-state index is 0.342. The van der Waals surface area contributed by atoms with Crippen LogP contribution in [0.4, 0.5) is 0 Å². The molecule has 3 N–H and O–H groups in total. The van der Waals surface area contributed by atoms with Gasteiger partial charge in [0.05, 0.1) is 0 Å². The smallest absolute Gasteiger partial charge is 0.323 e. The van der Waals surface area contributed by atoms with Gasteiger partial charge >= 0.3 is 11.8 Å². The molecule has 0 aliphatic rings. The third kappa shape index (κ3) is 3.89. The molecule has 0 aromatic heterocycles. The largest absolute Gasteiger partial charge is 0.334 e. The Morgan fingerprint density at radius 3 is 2.31 bits per heavy atom. The summed E-state index contributed by atoms with van der Waals surface area (Å²) in [5.74, 6) is 3.86. The van der Waals surface area contributed by atoms with E-state index < -0.39 is 11.8 Å². The fourth-order valence-corrected chi connectivity index (χ4v) is 1.00. The van der Waals surface area contributed by atoms with Gasteiger partial charge in [0.15, 0.2) is 0 Å². The van der Waals surface area contributed by atoms with E-state index in [-0.39, 0.29) is 0 Å². The van der Waals surface area contributed by atoms with Gasteiger partial charge < -0.3 is 4.90 Å². The van der Waals surface area contributed by atoms with Crippen molar-refractivity contribution in [3.8, 4) is 0 Å². The fourth-order valence-electron chi connectivity index (χ4n) is 1.00. The highest BCUT2D eigenvalue weighted by molar-refractivity contribution is 6.34. The second kappa shape index (κ2) is 5.53. The Labute approximate surface area is 78.2 Å². The molecule has 0 saturated carbocycles. The molecule has 0 aliphatic heterocycles. The fraction of sp³-hybridized carbons (Fsp3) is 0.750. The molecular formula is C8H17N3O2. The maximum absolute atomic E-state index is 11.3. The zero-order valence-corrected chi connectivity index (χ0v) is 8.33. The van der Waals surface area contributed by atoms with Gasteiger partial charge in [-0.15, -0.1) is 0 Å².